The number of fused-ring (bicyclic) bond motifs is 9. The number of anilines is 3. The fourth-order valence-electron chi connectivity index (χ4n) is 11.7. The number of furan rings is 1. The monoisotopic (exact) mass is 879 g/mol. The molecule has 0 saturated carbocycles. The molecule has 0 fully saturated rings. The van der Waals surface area contributed by atoms with E-state index in [0.717, 1.165) is 28.2 Å². The molecule has 1 heterocycles. The van der Waals surface area contributed by atoms with E-state index in [4.69, 9.17) is 4.42 Å². The van der Waals surface area contributed by atoms with Crippen molar-refractivity contribution in [2.75, 3.05) is 4.90 Å². The molecule has 0 radical (unpaired) electrons. The molecule has 0 saturated heterocycles. The molecule has 2 aliphatic carbocycles. The molecular weight excluding hydrogens is 823 g/mol. The van der Waals surface area contributed by atoms with Crippen LogP contribution in [-0.2, 0) is 21.7 Å². The number of rotatable bonds is 6. The molecule has 0 unspecified atom stereocenters. The van der Waals surface area contributed by atoms with E-state index in [0.29, 0.717) is 0 Å². The summed E-state index contributed by atoms with van der Waals surface area (Å²) in [5, 5.41) is 2.37. The molecule has 0 atom stereocenters. The van der Waals surface area contributed by atoms with Crippen LogP contribution in [0.2, 0.25) is 0 Å². The van der Waals surface area contributed by atoms with E-state index in [2.05, 4.69) is 260 Å². The second-order valence-corrected chi connectivity index (χ2v) is 21.8. The lowest BCUT2D eigenvalue weighted by molar-refractivity contribution is 0.559. The maximum atomic E-state index is 6.94. The summed E-state index contributed by atoms with van der Waals surface area (Å²) in [7, 11) is 0. The molecule has 68 heavy (non-hydrogen) atoms. The van der Waals surface area contributed by atoms with E-state index in [-0.39, 0.29) is 16.2 Å². The van der Waals surface area contributed by atoms with Gasteiger partial charge in [0.15, 0.2) is 0 Å². The van der Waals surface area contributed by atoms with Crippen LogP contribution in [0.1, 0.15) is 99.9 Å². The first kappa shape index (κ1) is 42.0. The Bertz CT molecular complexity index is 3550. The molecule has 2 nitrogen and oxygen atoms in total. The van der Waals surface area contributed by atoms with E-state index < -0.39 is 5.41 Å². The average Bonchev–Trinajstić information content (AvgIpc) is 3.94. The molecule has 332 valence electrons. The quantitative estimate of drug-likeness (QED) is 0.165. The third-order valence-electron chi connectivity index (χ3n) is 15.2. The first-order valence-corrected chi connectivity index (χ1v) is 24.2. The number of nitrogens with zero attached hydrogens (tertiary/aromatic N) is 1. The molecule has 12 rings (SSSR count). The number of hydrogen-bond donors (Lipinski definition) is 0. The number of hydrogen-bond acceptors (Lipinski definition) is 2. The van der Waals surface area contributed by atoms with Gasteiger partial charge < -0.3 is 9.32 Å². The molecule has 0 spiro atoms. The third kappa shape index (κ3) is 6.30. The molecule has 2 aliphatic rings. The van der Waals surface area contributed by atoms with Crippen molar-refractivity contribution in [1.82, 2.24) is 0 Å². The van der Waals surface area contributed by atoms with Gasteiger partial charge in [0.2, 0.25) is 0 Å². The van der Waals surface area contributed by atoms with Crippen molar-refractivity contribution >= 4 is 39.0 Å². The number of benzene rings is 9. The summed E-state index contributed by atoms with van der Waals surface area (Å²) in [6.07, 6.45) is 0. The van der Waals surface area contributed by atoms with Crippen LogP contribution in [0.5, 0.6) is 0 Å². The zero-order valence-electron chi connectivity index (χ0n) is 40.4. The first-order chi connectivity index (χ1) is 32.7. The lowest BCUT2D eigenvalue weighted by Gasteiger charge is -2.35. The van der Waals surface area contributed by atoms with Gasteiger partial charge in [-0.25, -0.2) is 0 Å². The molecule has 0 amide bonds. The zero-order chi connectivity index (χ0) is 46.7. The fraction of sp³-hybridized carbons (Fsp3) is 0.182. The van der Waals surface area contributed by atoms with Gasteiger partial charge in [0, 0.05) is 38.8 Å². The Morgan fingerprint density at radius 2 is 0.971 bits per heavy atom. The second kappa shape index (κ2) is 15.0. The summed E-state index contributed by atoms with van der Waals surface area (Å²) < 4.78 is 6.94. The molecule has 10 aromatic rings. The van der Waals surface area contributed by atoms with Crippen LogP contribution in [0.15, 0.2) is 205 Å². The van der Waals surface area contributed by atoms with Crippen LogP contribution in [-0.4, -0.2) is 0 Å². The molecule has 9 aromatic carbocycles. The highest BCUT2D eigenvalue weighted by atomic mass is 16.3. The van der Waals surface area contributed by atoms with Crippen molar-refractivity contribution < 1.29 is 4.42 Å². The lowest BCUT2D eigenvalue weighted by Crippen LogP contribution is -2.28. The largest absolute Gasteiger partial charge is 0.456 e. The zero-order valence-corrected chi connectivity index (χ0v) is 40.4. The Morgan fingerprint density at radius 1 is 0.397 bits per heavy atom. The summed E-state index contributed by atoms with van der Waals surface area (Å²) >= 11 is 0. The second-order valence-electron chi connectivity index (χ2n) is 21.8. The van der Waals surface area contributed by atoms with Crippen molar-refractivity contribution in [3.05, 3.63) is 245 Å². The molecule has 0 aliphatic heterocycles. The van der Waals surface area contributed by atoms with Crippen LogP contribution in [0.25, 0.3) is 55.3 Å². The Labute approximate surface area is 401 Å². The van der Waals surface area contributed by atoms with Gasteiger partial charge in [0.05, 0.1) is 5.41 Å². The average molecular weight is 880 g/mol. The molecule has 0 bridgehead atoms. The van der Waals surface area contributed by atoms with Crippen molar-refractivity contribution in [2.45, 2.75) is 77.0 Å². The fourth-order valence-corrected chi connectivity index (χ4v) is 11.7. The summed E-state index contributed by atoms with van der Waals surface area (Å²) in [5.74, 6) is 0. The van der Waals surface area contributed by atoms with Crippen LogP contribution < -0.4 is 4.90 Å². The summed E-state index contributed by atoms with van der Waals surface area (Å²) in [5.41, 5.74) is 22.3. The molecular formula is C66H57NO. The van der Waals surface area contributed by atoms with Gasteiger partial charge in [-0.2, -0.15) is 0 Å². The first-order valence-electron chi connectivity index (χ1n) is 24.2. The third-order valence-corrected chi connectivity index (χ3v) is 15.2. The highest BCUT2D eigenvalue weighted by Gasteiger charge is 2.46. The minimum Gasteiger partial charge on any atom is -0.456 e. The van der Waals surface area contributed by atoms with Gasteiger partial charge in [-0.05, 0) is 138 Å². The normalized spacial score (nSPS) is 14.4. The van der Waals surface area contributed by atoms with Crippen LogP contribution in [0, 0.1) is 0 Å². The maximum Gasteiger partial charge on any atom is 0.139 e. The van der Waals surface area contributed by atoms with Crippen molar-refractivity contribution in [3.8, 4) is 33.4 Å². The lowest BCUT2D eigenvalue weighted by atomic mass is 9.67. The van der Waals surface area contributed by atoms with Crippen LogP contribution in [0.3, 0.4) is 0 Å². The van der Waals surface area contributed by atoms with Gasteiger partial charge in [-0.1, -0.05) is 201 Å². The highest BCUT2D eigenvalue weighted by Crippen LogP contribution is 2.57. The van der Waals surface area contributed by atoms with Crippen LogP contribution >= 0.6 is 0 Å². The van der Waals surface area contributed by atoms with E-state index in [9.17, 15) is 0 Å². The predicted molar refractivity (Wildman–Crippen MR) is 286 cm³/mol. The molecule has 2 heteroatoms. The Morgan fingerprint density at radius 3 is 1.63 bits per heavy atom. The van der Waals surface area contributed by atoms with Gasteiger partial charge >= 0.3 is 0 Å². The van der Waals surface area contributed by atoms with E-state index >= 15 is 0 Å². The topological polar surface area (TPSA) is 16.4 Å². The Balaban J connectivity index is 1.08. The van der Waals surface area contributed by atoms with E-state index in [1.165, 1.54) is 88.7 Å². The minimum absolute atomic E-state index is 0.0106. The van der Waals surface area contributed by atoms with Crippen molar-refractivity contribution in [2.24, 2.45) is 0 Å². The van der Waals surface area contributed by atoms with Gasteiger partial charge in [-0.3, -0.25) is 0 Å². The summed E-state index contributed by atoms with van der Waals surface area (Å²) in [4.78, 5) is 2.46. The van der Waals surface area contributed by atoms with Crippen molar-refractivity contribution in [1.29, 1.82) is 0 Å². The highest BCUT2D eigenvalue weighted by molar-refractivity contribution is 6.09. The predicted octanol–water partition coefficient (Wildman–Crippen LogP) is 18.0. The summed E-state index contributed by atoms with van der Waals surface area (Å²) in [6.45, 7) is 18.6. The van der Waals surface area contributed by atoms with E-state index in [1.807, 2.05) is 0 Å². The smallest absolute Gasteiger partial charge is 0.139 e. The van der Waals surface area contributed by atoms with Crippen LogP contribution in [0.4, 0.5) is 17.1 Å². The molecule has 1 aromatic heterocycles. The van der Waals surface area contributed by atoms with Gasteiger partial charge in [0.25, 0.3) is 0 Å². The summed E-state index contributed by atoms with van der Waals surface area (Å²) in [6, 6.07) is 74.9. The van der Waals surface area contributed by atoms with Gasteiger partial charge in [-0.15, -0.1) is 0 Å². The van der Waals surface area contributed by atoms with Gasteiger partial charge in [0.1, 0.15) is 11.2 Å². The maximum absolute atomic E-state index is 6.94. The minimum atomic E-state index is -0.521. The SMILES string of the molecule is CC(C)(C)c1cc(C(C)(C)C)c2oc3cc4c(cc3c2c1)-c1cc(N(c2ccc(-c3ccccc3)cc2)c2cccc(C3(c5ccccc5)c5ccccc5-c5ccccc53)c2)ccc1C4(C)C. The van der Waals surface area contributed by atoms with E-state index in [1.54, 1.807) is 0 Å². The standard InChI is InChI=1S/C66H57NO/c1-63(2,3)46-37-55-54-40-53-52-39-49(34-35-56(52)65(7,8)59(53)41-61(54)68-62(55)60(38-46)64(4,5)6)67(47-32-30-43(31-33-47)42-20-11-9-12-21-42)48-25-19-24-45(36-48)66(44-22-13-10-14-23-44)57-28-17-15-26-50(57)51-27-16-18-29-58(51)66/h9-41H,1-8H3. The Hall–Kier alpha value is -7.42. The Kier molecular flexibility index (Phi) is 9.29. The molecule has 0 N–H and O–H groups in total. The van der Waals surface area contributed by atoms with Crippen molar-refractivity contribution in [3.63, 3.8) is 0 Å².